The summed E-state index contributed by atoms with van der Waals surface area (Å²) in [7, 11) is 0. The molecule has 3 rings (SSSR count). The third kappa shape index (κ3) is 2.82. The van der Waals surface area contributed by atoms with Crippen molar-refractivity contribution in [1.82, 2.24) is 30.5 Å². The van der Waals surface area contributed by atoms with Gasteiger partial charge in [-0.25, -0.2) is 0 Å². The van der Waals surface area contributed by atoms with Gasteiger partial charge >= 0.3 is 0 Å². The zero-order valence-electron chi connectivity index (χ0n) is 11.1. The lowest BCUT2D eigenvalue weighted by Crippen LogP contribution is -2.25. The van der Waals surface area contributed by atoms with Gasteiger partial charge in [0.2, 0.25) is 0 Å². The standard InChI is InChI=1S/C12H13N7OS/c13-9-8-2-4-15-17-12(8)21-10(9)11(20)14-3-1-6-19-7-5-16-18-19/h2,4-5,7H,1,3,6,13H2,(H,14,20). The molecule has 0 spiro atoms. The Bertz CT molecular complexity index is 752. The largest absolute Gasteiger partial charge is 0.397 e. The molecule has 108 valence electrons. The Kier molecular flexibility index (Phi) is 3.73. The molecule has 3 aromatic rings. The highest BCUT2D eigenvalue weighted by molar-refractivity contribution is 7.21. The molecule has 0 fully saturated rings. The number of aryl methyl sites for hydroxylation is 1. The number of nitrogens with one attached hydrogen (secondary N) is 1. The van der Waals surface area contributed by atoms with Gasteiger partial charge in [-0.15, -0.1) is 21.5 Å². The van der Waals surface area contributed by atoms with E-state index in [1.54, 1.807) is 29.3 Å². The van der Waals surface area contributed by atoms with Crippen molar-refractivity contribution < 1.29 is 4.79 Å². The minimum absolute atomic E-state index is 0.186. The van der Waals surface area contributed by atoms with Crippen molar-refractivity contribution in [3.8, 4) is 0 Å². The van der Waals surface area contributed by atoms with E-state index >= 15 is 0 Å². The average molecular weight is 303 g/mol. The summed E-state index contributed by atoms with van der Waals surface area (Å²) in [6.45, 7) is 1.24. The summed E-state index contributed by atoms with van der Waals surface area (Å²) in [5.74, 6) is -0.186. The van der Waals surface area contributed by atoms with Crippen LogP contribution in [0.25, 0.3) is 10.2 Å². The number of nitrogens with zero attached hydrogens (tertiary/aromatic N) is 5. The lowest BCUT2D eigenvalue weighted by Gasteiger charge is -2.04. The van der Waals surface area contributed by atoms with Crippen molar-refractivity contribution in [3.05, 3.63) is 29.5 Å². The lowest BCUT2D eigenvalue weighted by atomic mass is 10.3. The van der Waals surface area contributed by atoms with Crippen LogP contribution >= 0.6 is 11.3 Å². The van der Waals surface area contributed by atoms with E-state index < -0.39 is 0 Å². The molecule has 3 aromatic heterocycles. The van der Waals surface area contributed by atoms with Crippen LogP contribution in [0.15, 0.2) is 24.7 Å². The molecule has 8 nitrogen and oxygen atoms in total. The Labute approximate surface area is 124 Å². The molecule has 0 saturated carbocycles. The predicted molar refractivity (Wildman–Crippen MR) is 78.8 cm³/mol. The molecule has 0 aliphatic rings. The molecule has 0 unspecified atom stereocenters. The third-order valence-electron chi connectivity index (χ3n) is 2.95. The van der Waals surface area contributed by atoms with Gasteiger partial charge in [-0.05, 0) is 12.5 Å². The third-order valence-corrected chi connectivity index (χ3v) is 4.05. The lowest BCUT2D eigenvalue weighted by molar-refractivity contribution is 0.0957. The Balaban J connectivity index is 1.60. The maximum Gasteiger partial charge on any atom is 0.263 e. The summed E-state index contributed by atoms with van der Waals surface area (Å²) in [6, 6.07) is 1.76. The number of carbonyl (C=O) groups excluding carboxylic acids is 1. The first-order valence-electron chi connectivity index (χ1n) is 6.37. The van der Waals surface area contributed by atoms with E-state index in [9.17, 15) is 4.79 Å². The van der Waals surface area contributed by atoms with E-state index in [1.165, 1.54) is 11.3 Å². The Morgan fingerprint density at radius 3 is 3.05 bits per heavy atom. The number of amides is 1. The Hall–Kier alpha value is -2.55. The number of thiophene rings is 1. The molecule has 0 saturated heterocycles. The maximum atomic E-state index is 12.1. The second-order valence-electron chi connectivity index (χ2n) is 4.37. The zero-order valence-corrected chi connectivity index (χ0v) is 11.9. The van der Waals surface area contributed by atoms with Crippen molar-refractivity contribution in [2.45, 2.75) is 13.0 Å². The molecular weight excluding hydrogens is 290 g/mol. The van der Waals surface area contributed by atoms with Gasteiger partial charge in [0.25, 0.3) is 5.91 Å². The van der Waals surface area contributed by atoms with Crippen molar-refractivity contribution in [2.75, 3.05) is 12.3 Å². The van der Waals surface area contributed by atoms with E-state index in [2.05, 4.69) is 25.8 Å². The first-order chi connectivity index (χ1) is 10.3. The molecule has 3 N–H and O–H groups in total. The van der Waals surface area contributed by atoms with Crippen molar-refractivity contribution in [1.29, 1.82) is 0 Å². The average Bonchev–Trinajstić information content (AvgIpc) is 3.12. The van der Waals surface area contributed by atoms with Gasteiger partial charge in [0.1, 0.15) is 9.71 Å². The van der Waals surface area contributed by atoms with Gasteiger partial charge in [0.05, 0.1) is 18.1 Å². The highest BCUT2D eigenvalue weighted by atomic mass is 32.1. The van der Waals surface area contributed by atoms with E-state index in [-0.39, 0.29) is 5.91 Å². The molecule has 9 heteroatoms. The smallest absolute Gasteiger partial charge is 0.263 e. The number of nitrogen functional groups attached to an aromatic ring is 1. The molecule has 0 radical (unpaired) electrons. The van der Waals surface area contributed by atoms with E-state index in [1.807, 2.05) is 0 Å². The summed E-state index contributed by atoms with van der Waals surface area (Å²) in [6.07, 6.45) is 5.73. The Morgan fingerprint density at radius 2 is 2.29 bits per heavy atom. The predicted octanol–water partition coefficient (Wildman–Crippen LogP) is 0.685. The fourth-order valence-electron chi connectivity index (χ4n) is 1.92. The van der Waals surface area contributed by atoms with Gasteiger partial charge in [0.15, 0.2) is 0 Å². The highest BCUT2D eigenvalue weighted by Gasteiger charge is 2.16. The molecular formula is C12H13N7OS. The van der Waals surface area contributed by atoms with Crippen LogP contribution < -0.4 is 11.1 Å². The van der Waals surface area contributed by atoms with Crippen LogP contribution in [0.2, 0.25) is 0 Å². The minimum atomic E-state index is -0.186. The molecule has 3 heterocycles. The number of nitrogens with two attached hydrogens (primary N) is 1. The molecule has 0 bridgehead atoms. The van der Waals surface area contributed by atoms with Crippen LogP contribution in [0.1, 0.15) is 16.1 Å². The topological polar surface area (TPSA) is 112 Å². The van der Waals surface area contributed by atoms with E-state index in [0.29, 0.717) is 28.5 Å². The van der Waals surface area contributed by atoms with Crippen LogP contribution in [-0.4, -0.2) is 37.6 Å². The van der Waals surface area contributed by atoms with Crippen LogP contribution in [-0.2, 0) is 6.54 Å². The van der Waals surface area contributed by atoms with Gasteiger partial charge in [0, 0.05) is 24.7 Å². The monoisotopic (exact) mass is 303 g/mol. The van der Waals surface area contributed by atoms with Crippen LogP contribution in [0.4, 0.5) is 5.69 Å². The zero-order chi connectivity index (χ0) is 14.7. The summed E-state index contributed by atoms with van der Waals surface area (Å²) in [4.78, 5) is 13.3. The number of fused-ring (bicyclic) bond motifs is 1. The maximum absolute atomic E-state index is 12.1. The molecule has 0 atom stereocenters. The van der Waals surface area contributed by atoms with Crippen molar-refractivity contribution in [3.63, 3.8) is 0 Å². The fraction of sp³-hybridized carbons (Fsp3) is 0.250. The normalized spacial score (nSPS) is 10.9. The number of carbonyl (C=O) groups is 1. The summed E-state index contributed by atoms with van der Waals surface area (Å²) in [5.41, 5.74) is 6.44. The van der Waals surface area contributed by atoms with Crippen LogP contribution in [0, 0.1) is 0 Å². The molecule has 0 aliphatic carbocycles. The summed E-state index contributed by atoms with van der Waals surface area (Å²) < 4.78 is 1.72. The number of rotatable bonds is 5. The van der Waals surface area contributed by atoms with Crippen molar-refractivity contribution in [2.24, 2.45) is 0 Å². The second-order valence-corrected chi connectivity index (χ2v) is 5.37. The fourth-order valence-corrected chi connectivity index (χ4v) is 2.87. The SMILES string of the molecule is Nc1c(C(=O)NCCCn2ccnn2)sc2nnccc12. The van der Waals surface area contributed by atoms with Crippen LogP contribution in [0.5, 0.6) is 0 Å². The minimum Gasteiger partial charge on any atom is -0.397 e. The van der Waals surface area contributed by atoms with E-state index in [4.69, 9.17) is 5.73 Å². The highest BCUT2D eigenvalue weighted by Crippen LogP contribution is 2.31. The number of hydrogen-bond donors (Lipinski definition) is 2. The molecule has 21 heavy (non-hydrogen) atoms. The first-order valence-corrected chi connectivity index (χ1v) is 7.19. The summed E-state index contributed by atoms with van der Waals surface area (Å²) >= 11 is 1.25. The van der Waals surface area contributed by atoms with Crippen molar-refractivity contribution >= 4 is 33.1 Å². The van der Waals surface area contributed by atoms with Gasteiger partial charge in [-0.3, -0.25) is 9.48 Å². The molecule has 1 amide bonds. The number of anilines is 1. The van der Waals surface area contributed by atoms with Gasteiger partial charge < -0.3 is 11.1 Å². The van der Waals surface area contributed by atoms with Gasteiger partial charge in [-0.2, -0.15) is 5.10 Å². The first kappa shape index (κ1) is 13.4. The number of aromatic nitrogens is 5. The molecule has 0 aromatic carbocycles. The van der Waals surface area contributed by atoms with Gasteiger partial charge in [-0.1, -0.05) is 5.21 Å². The van der Waals surface area contributed by atoms with E-state index in [0.717, 1.165) is 11.8 Å². The van der Waals surface area contributed by atoms with Crippen LogP contribution in [0.3, 0.4) is 0 Å². The Morgan fingerprint density at radius 1 is 1.38 bits per heavy atom. The quantitative estimate of drug-likeness (QED) is 0.671. The second kappa shape index (κ2) is 5.83. The number of hydrogen-bond acceptors (Lipinski definition) is 7. The summed E-state index contributed by atoms with van der Waals surface area (Å²) in [5, 5.41) is 18.9. The molecule has 0 aliphatic heterocycles.